The smallest absolute Gasteiger partial charge is 0.225 e. The highest BCUT2D eigenvalue weighted by Gasteiger charge is 2.32. The molecule has 1 atom stereocenters. The Labute approximate surface area is 216 Å². The first kappa shape index (κ1) is 25.5. The van der Waals surface area contributed by atoms with Gasteiger partial charge in [0.2, 0.25) is 11.9 Å². The number of aliphatic hydroxyl groups excluding tert-OH is 1. The van der Waals surface area contributed by atoms with Crippen molar-refractivity contribution in [1.82, 2.24) is 19.4 Å². The highest BCUT2D eigenvalue weighted by Crippen LogP contribution is 2.39. The van der Waals surface area contributed by atoms with Crippen molar-refractivity contribution in [2.45, 2.75) is 121 Å². The summed E-state index contributed by atoms with van der Waals surface area (Å²) < 4.78 is 2.38. The number of aromatic nitrogens is 3. The van der Waals surface area contributed by atoms with Crippen LogP contribution in [0.3, 0.4) is 0 Å². The van der Waals surface area contributed by atoms with Crippen molar-refractivity contribution in [3.8, 4) is 0 Å². The first-order valence-corrected chi connectivity index (χ1v) is 14.6. The zero-order chi connectivity index (χ0) is 25.1. The molecule has 3 fully saturated rings. The fourth-order valence-corrected chi connectivity index (χ4v) is 6.81. The van der Waals surface area contributed by atoms with Crippen LogP contribution in [0.15, 0.2) is 12.4 Å². The van der Waals surface area contributed by atoms with Gasteiger partial charge in [-0.05, 0) is 76.2 Å². The number of carbonyl (C=O) groups is 1. The van der Waals surface area contributed by atoms with Crippen molar-refractivity contribution in [3.63, 3.8) is 0 Å². The summed E-state index contributed by atoms with van der Waals surface area (Å²) in [5.74, 6) is 1.79. The maximum Gasteiger partial charge on any atom is 0.225 e. The second-order valence-electron chi connectivity index (χ2n) is 11.7. The highest BCUT2D eigenvalue weighted by atomic mass is 16.3. The van der Waals surface area contributed by atoms with Crippen molar-refractivity contribution in [3.05, 3.63) is 18.0 Å². The third kappa shape index (κ3) is 5.56. The summed E-state index contributed by atoms with van der Waals surface area (Å²) >= 11 is 0. The molecule has 2 aromatic heterocycles. The average molecular weight is 496 g/mol. The van der Waals surface area contributed by atoms with E-state index in [1.54, 1.807) is 0 Å². The van der Waals surface area contributed by atoms with E-state index in [1.807, 2.05) is 6.20 Å². The monoisotopic (exact) mass is 495 g/mol. The number of nitrogens with zero attached hydrogens (tertiary/aromatic N) is 4. The molecule has 2 saturated carbocycles. The van der Waals surface area contributed by atoms with Gasteiger partial charge < -0.3 is 19.9 Å². The number of rotatable bonds is 7. The first-order valence-electron chi connectivity index (χ1n) is 14.6. The lowest BCUT2D eigenvalue weighted by molar-refractivity contribution is -0.137. The molecule has 2 aliphatic carbocycles. The maximum atomic E-state index is 13.1. The summed E-state index contributed by atoms with van der Waals surface area (Å²) in [6.07, 6.45) is 17.9. The van der Waals surface area contributed by atoms with Crippen LogP contribution in [0.4, 0.5) is 5.95 Å². The molecule has 0 unspecified atom stereocenters. The number of amides is 1. The van der Waals surface area contributed by atoms with Gasteiger partial charge in [0.1, 0.15) is 5.65 Å². The van der Waals surface area contributed by atoms with Crippen molar-refractivity contribution in [2.24, 2.45) is 5.92 Å². The molecule has 0 aromatic carbocycles. The molecule has 36 heavy (non-hydrogen) atoms. The molecule has 5 rings (SSSR count). The van der Waals surface area contributed by atoms with E-state index in [9.17, 15) is 9.90 Å². The topological polar surface area (TPSA) is 83.3 Å². The van der Waals surface area contributed by atoms with E-state index in [0.717, 1.165) is 88.3 Å². The zero-order valence-corrected chi connectivity index (χ0v) is 22.3. The maximum absolute atomic E-state index is 13.1. The quantitative estimate of drug-likeness (QED) is 0.508. The normalized spacial score (nSPS) is 25.2. The van der Waals surface area contributed by atoms with Crippen LogP contribution in [0.5, 0.6) is 0 Å². The summed E-state index contributed by atoms with van der Waals surface area (Å²) in [6, 6.07) is 0.708. The second-order valence-corrected chi connectivity index (χ2v) is 11.7. The van der Waals surface area contributed by atoms with Gasteiger partial charge in [-0.1, -0.05) is 32.6 Å². The molecule has 198 valence electrons. The SMILES string of the molecule is CCC[C@H](C)Nc1ncc2c(C3CCN(C(=O)C4CCCCC4)CC3)cn(C3CCC(O)CC3)c2n1. The summed E-state index contributed by atoms with van der Waals surface area (Å²) in [4.78, 5) is 25.0. The Morgan fingerprint density at radius 2 is 1.81 bits per heavy atom. The van der Waals surface area contributed by atoms with Gasteiger partial charge in [-0.25, -0.2) is 4.98 Å². The molecule has 0 radical (unpaired) electrons. The number of nitrogens with one attached hydrogen (secondary N) is 1. The third-order valence-electron chi connectivity index (χ3n) is 8.96. The molecule has 1 amide bonds. The number of likely N-dealkylation sites (tertiary alicyclic amines) is 1. The van der Waals surface area contributed by atoms with Gasteiger partial charge in [-0.15, -0.1) is 0 Å². The third-order valence-corrected chi connectivity index (χ3v) is 8.96. The van der Waals surface area contributed by atoms with Crippen LogP contribution in [0.2, 0.25) is 0 Å². The zero-order valence-electron chi connectivity index (χ0n) is 22.3. The van der Waals surface area contributed by atoms with Gasteiger partial charge in [0.25, 0.3) is 0 Å². The minimum atomic E-state index is -0.171. The van der Waals surface area contributed by atoms with Gasteiger partial charge in [-0.3, -0.25) is 4.79 Å². The molecular formula is C29H45N5O2. The molecular weight excluding hydrogens is 450 g/mol. The minimum Gasteiger partial charge on any atom is -0.393 e. The number of anilines is 1. The van der Waals surface area contributed by atoms with E-state index >= 15 is 0 Å². The van der Waals surface area contributed by atoms with Crippen LogP contribution in [0.1, 0.15) is 115 Å². The number of hydrogen-bond acceptors (Lipinski definition) is 5. The van der Waals surface area contributed by atoms with Crippen LogP contribution < -0.4 is 5.32 Å². The number of hydrogen-bond donors (Lipinski definition) is 2. The lowest BCUT2D eigenvalue weighted by Crippen LogP contribution is -2.41. The van der Waals surface area contributed by atoms with E-state index in [-0.39, 0.29) is 12.0 Å². The molecule has 7 heteroatoms. The summed E-state index contributed by atoms with van der Waals surface area (Å²) in [7, 11) is 0. The van der Waals surface area contributed by atoms with Gasteiger partial charge in [0, 0.05) is 48.9 Å². The highest BCUT2D eigenvalue weighted by molar-refractivity contribution is 5.82. The molecule has 1 saturated heterocycles. The van der Waals surface area contributed by atoms with Gasteiger partial charge in [-0.2, -0.15) is 4.98 Å². The number of carbonyl (C=O) groups excluding carboxylic acids is 1. The molecule has 3 aliphatic rings. The summed E-state index contributed by atoms with van der Waals surface area (Å²) in [5.41, 5.74) is 2.36. The predicted octanol–water partition coefficient (Wildman–Crippen LogP) is 5.79. The Morgan fingerprint density at radius 3 is 2.50 bits per heavy atom. The number of piperidine rings is 1. The fraction of sp³-hybridized carbons (Fsp3) is 0.759. The standard InChI is InChI=1S/C29H45N5O2/c1-3-7-20(2)31-29-30-18-25-26(19-34(27(25)32-29)23-10-12-24(35)13-11-23)21-14-16-33(17-15-21)28(36)22-8-5-4-6-9-22/h18-24,35H,3-17H2,1-2H3,(H,30,31,32)/t20-,23?,24?/m0/s1. The Morgan fingerprint density at radius 1 is 1.08 bits per heavy atom. The molecule has 7 nitrogen and oxygen atoms in total. The van der Waals surface area contributed by atoms with Crippen LogP contribution in [-0.2, 0) is 4.79 Å². The van der Waals surface area contributed by atoms with E-state index in [0.29, 0.717) is 29.9 Å². The van der Waals surface area contributed by atoms with Crippen LogP contribution >= 0.6 is 0 Å². The molecule has 3 heterocycles. The van der Waals surface area contributed by atoms with Crippen molar-refractivity contribution in [2.75, 3.05) is 18.4 Å². The van der Waals surface area contributed by atoms with Gasteiger partial charge in [0.15, 0.2) is 0 Å². The molecule has 0 spiro atoms. The van der Waals surface area contributed by atoms with Crippen LogP contribution in [0.25, 0.3) is 11.0 Å². The summed E-state index contributed by atoms with van der Waals surface area (Å²) in [5, 5.41) is 14.7. The summed E-state index contributed by atoms with van der Waals surface area (Å²) in [6.45, 7) is 6.10. The first-order chi connectivity index (χ1) is 17.5. The lowest BCUT2D eigenvalue weighted by atomic mass is 9.86. The molecule has 0 bridgehead atoms. The van der Waals surface area contributed by atoms with E-state index in [1.165, 1.54) is 24.8 Å². The molecule has 2 N–H and O–H groups in total. The van der Waals surface area contributed by atoms with E-state index in [4.69, 9.17) is 9.97 Å². The Bertz CT molecular complexity index is 1010. The largest absolute Gasteiger partial charge is 0.393 e. The van der Waals surface area contributed by atoms with Crippen molar-refractivity contribution in [1.29, 1.82) is 0 Å². The molecule has 2 aromatic rings. The fourth-order valence-electron chi connectivity index (χ4n) is 6.81. The van der Waals surface area contributed by atoms with Crippen molar-refractivity contribution >= 4 is 22.9 Å². The van der Waals surface area contributed by atoms with E-state index < -0.39 is 0 Å². The van der Waals surface area contributed by atoms with Gasteiger partial charge >= 0.3 is 0 Å². The predicted molar refractivity (Wildman–Crippen MR) is 144 cm³/mol. The Balaban J connectivity index is 1.36. The van der Waals surface area contributed by atoms with Crippen LogP contribution in [-0.4, -0.2) is 55.7 Å². The number of fused-ring (bicyclic) bond motifs is 1. The van der Waals surface area contributed by atoms with E-state index in [2.05, 4.69) is 34.8 Å². The average Bonchev–Trinajstić information content (AvgIpc) is 3.28. The Kier molecular flexibility index (Phi) is 8.14. The second kappa shape index (κ2) is 11.5. The lowest BCUT2D eigenvalue weighted by Gasteiger charge is -2.35. The Hall–Kier alpha value is -2.15. The minimum absolute atomic E-state index is 0.171. The van der Waals surface area contributed by atoms with Crippen LogP contribution in [0, 0.1) is 5.92 Å². The molecule has 1 aliphatic heterocycles. The van der Waals surface area contributed by atoms with Gasteiger partial charge in [0.05, 0.1) is 6.10 Å². The number of aliphatic hydroxyl groups is 1. The van der Waals surface area contributed by atoms with Crippen molar-refractivity contribution < 1.29 is 9.90 Å².